The van der Waals surface area contributed by atoms with Gasteiger partial charge in [0.1, 0.15) is 5.82 Å². The number of carbonyl (C=O) groups excluding carboxylic acids is 1. The number of halogens is 1. The molecular weight excluding hydrogens is 271 g/mol. The number of nitrogens with zero attached hydrogens (tertiary/aromatic N) is 1. The van der Waals surface area contributed by atoms with Crippen LogP contribution in [0.5, 0.6) is 0 Å². The maximum atomic E-state index is 13.1. The van der Waals surface area contributed by atoms with Crippen LogP contribution in [0.15, 0.2) is 24.3 Å². The zero-order valence-electron chi connectivity index (χ0n) is 12.1. The topological polar surface area (TPSA) is 41.6 Å². The van der Waals surface area contributed by atoms with Crippen molar-refractivity contribution < 1.29 is 13.9 Å². The minimum atomic E-state index is -0.245. The van der Waals surface area contributed by atoms with E-state index in [1.165, 1.54) is 18.6 Å². The monoisotopic (exact) mass is 292 g/mol. The molecule has 21 heavy (non-hydrogen) atoms. The molecule has 0 spiro atoms. The van der Waals surface area contributed by atoms with Gasteiger partial charge in [-0.2, -0.15) is 0 Å². The first-order valence-corrected chi connectivity index (χ1v) is 7.63. The molecule has 1 saturated carbocycles. The van der Waals surface area contributed by atoms with E-state index in [4.69, 9.17) is 4.74 Å². The van der Waals surface area contributed by atoms with Gasteiger partial charge < -0.3 is 15.0 Å². The van der Waals surface area contributed by atoms with E-state index >= 15 is 0 Å². The van der Waals surface area contributed by atoms with Crippen molar-refractivity contribution in [1.82, 2.24) is 10.2 Å². The summed E-state index contributed by atoms with van der Waals surface area (Å²) in [5.74, 6) is 0.214. The van der Waals surface area contributed by atoms with E-state index in [0.29, 0.717) is 32.2 Å². The third-order valence-electron chi connectivity index (χ3n) is 4.43. The average Bonchev–Trinajstić information content (AvgIpc) is 2.46. The van der Waals surface area contributed by atoms with E-state index in [0.717, 1.165) is 18.4 Å². The summed E-state index contributed by atoms with van der Waals surface area (Å²) in [6.45, 7) is 2.45. The number of amides is 2. The second-order valence-electron chi connectivity index (χ2n) is 5.77. The smallest absolute Gasteiger partial charge is 0.318 e. The van der Waals surface area contributed by atoms with Crippen LogP contribution in [0.1, 0.15) is 30.9 Å². The van der Waals surface area contributed by atoms with Crippen LogP contribution in [0, 0.1) is 11.7 Å². The van der Waals surface area contributed by atoms with Gasteiger partial charge in [-0.3, -0.25) is 0 Å². The summed E-state index contributed by atoms with van der Waals surface area (Å²) in [7, 11) is 0. The van der Waals surface area contributed by atoms with Crippen molar-refractivity contribution in [2.75, 3.05) is 26.3 Å². The van der Waals surface area contributed by atoms with Gasteiger partial charge >= 0.3 is 6.03 Å². The van der Waals surface area contributed by atoms with Crippen LogP contribution in [0.2, 0.25) is 0 Å². The third-order valence-corrected chi connectivity index (χ3v) is 4.43. The highest BCUT2D eigenvalue weighted by Crippen LogP contribution is 2.37. The number of urea groups is 1. The van der Waals surface area contributed by atoms with Gasteiger partial charge in [-0.25, -0.2) is 9.18 Å². The molecule has 1 aliphatic heterocycles. The van der Waals surface area contributed by atoms with Gasteiger partial charge in [0.2, 0.25) is 0 Å². The Bertz CT molecular complexity index is 482. The Balaban J connectivity index is 1.70. The summed E-state index contributed by atoms with van der Waals surface area (Å²) in [4.78, 5) is 14.2. The number of carbonyl (C=O) groups is 1. The predicted octanol–water partition coefficient (Wildman–Crippen LogP) is 2.71. The Labute approximate surface area is 124 Å². The van der Waals surface area contributed by atoms with E-state index in [1.54, 1.807) is 17.0 Å². The number of hydrogen-bond acceptors (Lipinski definition) is 2. The first-order chi connectivity index (χ1) is 10.2. The fourth-order valence-electron chi connectivity index (χ4n) is 2.91. The molecule has 1 saturated heterocycles. The normalized spacial score (nSPS) is 20.7. The molecule has 1 aliphatic carbocycles. The van der Waals surface area contributed by atoms with Crippen molar-refractivity contribution in [2.45, 2.75) is 25.3 Å². The fraction of sp³-hybridized carbons (Fsp3) is 0.562. The zero-order chi connectivity index (χ0) is 14.7. The lowest BCUT2D eigenvalue weighted by atomic mass is 9.77. The number of benzene rings is 1. The summed E-state index contributed by atoms with van der Waals surface area (Å²) < 4.78 is 18.4. The van der Waals surface area contributed by atoms with Crippen molar-refractivity contribution in [3.05, 3.63) is 35.6 Å². The molecule has 4 nitrogen and oxygen atoms in total. The molecule has 0 unspecified atom stereocenters. The Morgan fingerprint density at radius 1 is 1.24 bits per heavy atom. The van der Waals surface area contributed by atoms with Crippen molar-refractivity contribution >= 4 is 6.03 Å². The summed E-state index contributed by atoms with van der Waals surface area (Å²) >= 11 is 0. The molecule has 3 rings (SSSR count). The van der Waals surface area contributed by atoms with E-state index in [-0.39, 0.29) is 17.9 Å². The van der Waals surface area contributed by atoms with Crippen molar-refractivity contribution in [3.63, 3.8) is 0 Å². The molecule has 2 fully saturated rings. The summed E-state index contributed by atoms with van der Waals surface area (Å²) in [6, 6.07) is 6.41. The molecule has 5 heteroatoms. The minimum Gasteiger partial charge on any atom is -0.378 e. The largest absolute Gasteiger partial charge is 0.378 e. The van der Waals surface area contributed by atoms with Crippen molar-refractivity contribution in [1.29, 1.82) is 0 Å². The molecule has 0 radical (unpaired) electrons. The van der Waals surface area contributed by atoms with E-state index in [2.05, 4.69) is 5.32 Å². The third kappa shape index (κ3) is 3.35. The first kappa shape index (κ1) is 14.3. The Morgan fingerprint density at radius 2 is 1.90 bits per heavy atom. The fourth-order valence-corrected chi connectivity index (χ4v) is 2.91. The zero-order valence-corrected chi connectivity index (χ0v) is 12.1. The van der Waals surface area contributed by atoms with E-state index in [9.17, 15) is 9.18 Å². The van der Waals surface area contributed by atoms with Crippen LogP contribution in [-0.2, 0) is 4.74 Å². The highest BCUT2D eigenvalue weighted by Gasteiger charge is 2.31. The molecule has 0 aromatic heterocycles. The standard InChI is InChI=1S/C16H21FN2O2/c17-14-6-4-13(5-7-14)15(12-2-1-3-12)18-16(20)19-8-10-21-11-9-19/h4-7,12,15H,1-3,8-11H2,(H,18,20)/t15-/m1/s1. The van der Waals surface area contributed by atoms with Crippen LogP contribution in [0.4, 0.5) is 9.18 Å². The van der Waals surface area contributed by atoms with Gasteiger partial charge in [0.05, 0.1) is 19.3 Å². The molecule has 2 aliphatic rings. The highest BCUT2D eigenvalue weighted by molar-refractivity contribution is 5.75. The number of hydrogen-bond donors (Lipinski definition) is 1. The van der Waals surface area contributed by atoms with Crippen LogP contribution >= 0.6 is 0 Å². The average molecular weight is 292 g/mol. The van der Waals surface area contributed by atoms with Gasteiger partial charge in [-0.15, -0.1) is 0 Å². The summed E-state index contributed by atoms with van der Waals surface area (Å²) in [5, 5.41) is 3.13. The highest BCUT2D eigenvalue weighted by atomic mass is 19.1. The van der Waals surface area contributed by atoms with E-state index in [1.807, 2.05) is 0 Å². The number of nitrogens with one attached hydrogen (secondary N) is 1. The molecule has 0 bridgehead atoms. The van der Waals surface area contributed by atoms with Gasteiger partial charge in [-0.1, -0.05) is 18.6 Å². The number of morpholine rings is 1. The molecule has 1 heterocycles. The lowest BCUT2D eigenvalue weighted by Crippen LogP contribution is -2.48. The Hall–Kier alpha value is -1.62. The lowest BCUT2D eigenvalue weighted by molar-refractivity contribution is 0.0512. The lowest BCUT2D eigenvalue weighted by Gasteiger charge is -2.36. The first-order valence-electron chi connectivity index (χ1n) is 7.63. The van der Waals surface area contributed by atoms with Gasteiger partial charge in [0, 0.05) is 13.1 Å². The van der Waals surface area contributed by atoms with E-state index < -0.39 is 0 Å². The molecule has 1 aromatic rings. The molecular formula is C16H21FN2O2. The summed E-state index contributed by atoms with van der Waals surface area (Å²) in [6.07, 6.45) is 3.44. The molecule has 1 aromatic carbocycles. The Kier molecular flexibility index (Phi) is 4.39. The second kappa shape index (κ2) is 6.43. The van der Waals surface area contributed by atoms with Gasteiger partial charge in [0.25, 0.3) is 0 Å². The maximum Gasteiger partial charge on any atom is 0.318 e. The van der Waals surface area contributed by atoms with Crippen molar-refractivity contribution in [2.24, 2.45) is 5.92 Å². The van der Waals surface area contributed by atoms with Crippen LogP contribution in [0.3, 0.4) is 0 Å². The van der Waals surface area contributed by atoms with Crippen LogP contribution < -0.4 is 5.32 Å². The number of rotatable bonds is 3. The quantitative estimate of drug-likeness (QED) is 0.930. The SMILES string of the molecule is O=C(N[C@@H](c1ccc(F)cc1)C1CCC1)N1CCOCC1. The molecule has 1 atom stereocenters. The molecule has 1 N–H and O–H groups in total. The summed E-state index contributed by atoms with van der Waals surface area (Å²) in [5.41, 5.74) is 0.989. The Morgan fingerprint density at radius 3 is 2.48 bits per heavy atom. The molecule has 114 valence electrons. The second-order valence-corrected chi connectivity index (χ2v) is 5.77. The molecule has 2 amide bonds. The number of ether oxygens (including phenoxy) is 1. The minimum absolute atomic E-state index is 0.0188. The van der Waals surface area contributed by atoms with Gasteiger partial charge in [-0.05, 0) is 36.5 Å². The predicted molar refractivity (Wildman–Crippen MR) is 77.4 cm³/mol. The van der Waals surface area contributed by atoms with Crippen LogP contribution in [0.25, 0.3) is 0 Å². The maximum absolute atomic E-state index is 13.1. The van der Waals surface area contributed by atoms with Gasteiger partial charge in [0.15, 0.2) is 0 Å². The van der Waals surface area contributed by atoms with Crippen LogP contribution in [-0.4, -0.2) is 37.2 Å². The van der Waals surface area contributed by atoms with Crippen molar-refractivity contribution in [3.8, 4) is 0 Å².